The van der Waals surface area contributed by atoms with E-state index in [2.05, 4.69) is 15.4 Å². The van der Waals surface area contributed by atoms with Gasteiger partial charge in [-0.2, -0.15) is 5.10 Å². The van der Waals surface area contributed by atoms with Gasteiger partial charge in [0.2, 0.25) is 0 Å². The van der Waals surface area contributed by atoms with Crippen LogP contribution in [0.4, 0.5) is 17.2 Å². The third kappa shape index (κ3) is 3.95. The predicted molar refractivity (Wildman–Crippen MR) is 96.4 cm³/mol. The molecule has 2 aromatic heterocycles. The quantitative estimate of drug-likeness (QED) is 0.545. The number of nitrogens with zero attached hydrogens (tertiary/aromatic N) is 4. The summed E-state index contributed by atoms with van der Waals surface area (Å²) in [5, 5.41) is 18.5. The van der Waals surface area contributed by atoms with Gasteiger partial charge in [0.25, 0.3) is 5.69 Å². The third-order valence-electron chi connectivity index (χ3n) is 3.66. The van der Waals surface area contributed by atoms with Crippen molar-refractivity contribution < 1.29 is 4.92 Å². The maximum atomic E-state index is 10.7. The van der Waals surface area contributed by atoms with Gasteiger partial charge >= 0.3 is 0 Å². The molecule has 25 heavy (non-hydrogen) atoms. The minimum absolute atomic E-state index is 0.145. The van der Waals surface area contributed by atoms with Gasteiger partial charge in [-0.15, -0.1) is 0 Å². The lowest BCUT2D eigenvalue weighted by Gasteiger charge is -2.10. The van der Waals surface area contributed by atoms with Crippen molar-refractivity contribution in [2.75, 3.05) is 5.32 Å². The van der Waals surface area contributed by atoms with Gasteiger partial charge in [-0.1, -0.05) is 23.7 Å². The topological polar surface area (TPSA) is 85.9 Å². The molecule has 0 aliphatic carbocycles. The van der Waals surface area contributed by atoms with E-state index in [1.54, 1.807) is 0 Å². The average Bonchev–Trinajstić information content (AvgIpc) is 2.87. The van der Waals surface area contributed by atoms with Crippen molar-refractivity contribution in [3.63, 3.8) is 0 Å². The lowest BCUT2D eigenvalue weighted by molar-refractivity contribution is -0.385. The highest BCUT2D eigenvalue weighted by atomic mass is 35.5. The summed E-state index contributed by atoms with van der Waals surface area (Å²) in [5.74, 6) is 0.371. The molecule has 0 amide bonds. The first-order valence-electron chi connectivity index (χ1n) is 7.59. The van der Waals surface area contributed by atoms with E-state index in [9.17, 15) is 10.1 Å². The minimum Gasteiger partial charge on any atom is -0.339 e. The number of rotatable bonds is 5. The monoisotopic (exact) mass is 357 g/mol. The van der Waals surface area contributed by atoms with Crippen LogP contribution in [0.1, 0.15) is 17.0 Å². The highest BCUT2D eigenvalue weighted by Gasteiger charge is 2.11. The van der Waals surface area contributed by atoms with Crippen LogP contribution in [-0.2, 0) is 6.54 Å². The summed E-state index contributed by atoms with van der Waals surface area (Å²) in [5.41, 5.74) is 3.79. The van der Waals surface area contributed by atoms with E-state index in [0.29, 0.717) is 12.4 Å². The molecule has 0 aliphatic heterocycles. The molecule has 8 heteroatoms. The second-order valence-corrected chi connectivity index (χ2v) is 6.10. The summed E-state index contributed by atoms with van der Waals surface area (Å²) in [6.45, 7) is 4.63. The molecule has 1 aromatic carbocycles. The summed E-state index contributed by atoms with van der Waals surface area (Å²) < 4.78 is 1.94. The smallest absolute Gasteiger partial charge is 0.289 e. The predicted octanol–water partition coefficient (Wildman–Crippen LogP) is 4.25. The van der Waals surface area contributed by atoms with Crippen LogP contribution >= 0.6 is 11.6 Å². The Morgan fingerprint density at radius 1 is 1.28 bits per heavy atom. The van der Waals surface area contributed by atoms with Crippen molar-refractivity contribution in [3.05, 3.63) is 74.7 Å². The number of anilines is 2. The van der Waals surface area contributed by atoms with E-state index in [1.165, 1.54) is 12.3 Å². The highest BCUT2D eigenvalue weighted by molar-refractivity contribution is 6.33. The van der Waals surface area contributed by atoms with Crippen molar-refractivity contribution >= 4 is 28.8 Å². The minimum atomic E-state index is -0.530. The lowest BCUT2D eigenvalue weighted by atomic mass is 10.2. The van der Waals surface area contributed by atoms with Gasteiger partial charge < -0.3 is 5.32 Å². The van der Waals surface area contributed by atoms with Gasteiger partial charge in [-0.3, -0.25) is 14.8 Å². The van der Waals surface area contributed by atoms with E-state index in [0.717, 1.165) is 22.6 Å². The summed E-state index contributed by atoms with van der Waals surface area (Å²) in [6.07, 6.45) is 1.17. The van der Waals surface area contributed by atoms with Crippen molar-refractivity contribution in [3.8, 4) is 0 Å². The Hall–Kier alpha value is -2.93. The van der Waals surface area contributed by atoms with Crippen LogP contribution in [-0.4, -0.2) is 19.7 Å². The number of nitrogens with one attached hydrogen (secondary N) is 1. The number of pyridine rings is 1. The number of aryl methyl sites for hydroxylation is 2. The Labute approximate surface area is 149 Å². The number of nitro groups is 1. The maximum absolute atomic E-state index is 10.7. The maximum Gasteiger partial charge on any atom is 0.289 e. The van der Waals surface area contributed by atoms with Crippen LogP contribution in [0.25, 0.3) is 0 Å². The second kappa shape index (κ2) is 6.90. The number of benzene rings is 1. The second-order valence-electron chi connectivity index (χ2n) is 5.69. The summed E-state index contributed by atoms with van der Waals surface area (Å²) in [7, 11) is 0. The van der Waals surface area contributed by atoms with Crippen LogP contribution in [0.15, 0.2) is 42.6 Å². The zero-order valence-electron chi connectivity index (χ0n) is 13.7. The molecule has 0 saturated carbocycles. The van der Waals surface area contributed by atoms with Gasteiger partial charge in [0.05, 0.1) is 22.2 Å². The first-order chi connectivity index (χ1) is 11.9. The van der Waals surface area contributed by atoms with Gasteiger partial charge in [0.15, 0.2) is 0 Å². The first-order valence-corrected chi connectivity index (χ1v) is 7.97. The Morgan fingerprint density at radius 2 is 2.08 bits per heavy atom. The molecule has 3 aromatic rings. The molecule has 0 atom stereocenters. The summed E-state index contributed by atoms with van der Waals surface area (Å²) in [6, 6.07) is 11.1. The first kappa shape index (κ1) is 16.9. The fourth-order valence-corrected chi connectivity index (χ4v) is 2.72. The van der Waals surface area contributed by atoms with Crippen LogP contribution in [0, 0.1) is 24.0 Å². The molecule has 0 bridgehead atoms. The van der Waals surface area contributed by atoms with Gasteiger partial charge in [0.1, 0.15) is 12.0 Å². The van der Waals surface area contributed by atoms with Gasteiger partial charge in [-0.05, 0) is 37.6 Å². The highest BCUT2D eigenvalue weighted by Crippen LogP contribution is 2.27. The molecule has 3 rings (SSSR count). The Morgan fingerprint density at radius 3 is 2.72 bits per heavy atom. The van der Waals surface area contributed by atoms with Crippen LogP contribution in [0.2, 0.25) is 5.02 Å². The van der Waals surface area contributed by atoms with E-state index in [4.69, 9.17) is 11.6 Å². The third-order valence-corrected chi connectivity index (χ3v) is 3.95. The van der Waals surface area contributed by atoms with Crippen molar-refractivity contribution in [1.82, 2.24) is 14.8 Å². The molecule has 128 valence electrons. The largest absolute Gasteiger partial charge is 0.339 e. The molecular weight excluding hydrogens is 342 g/mol. The molecular formula is C17H16ClN5O2. The molecule has 7 nitrogen and oxygen atoms in total. The molecule has 0 spiro atoms. The Balaban J connectivity index is 1.80. The summed E-state index contributed by atoms with van der Waals surface area (Å²) in [4.78, 5) is 14.2. The molecule has 0 aliphatic rings. The Bertz CT molecular complexity index is 939. The van der Waals surface area contributed by atoms with Crippen molar-refractivity contribution in [2.45, 2.75) is 20.4 Å². The van der Waals surface area contributed by atoms with Gasteiger partial charge in [-0.25, -0.2) is 4.98 Å². The van der Waals surface area contributed by atoms with E-state index in [-0.39, 0.29) is 10.7 Å². The van der Waals surface area contributed by atoms with Crippen molar-refractivity contribution in [2.24, 2.45) is 0 Å². The molecule has 1 N–H and O–H groups in total. The SMILES string of the molecule is Cc1cc(C)n(Cc2cccc(Nc3ncc([N+](=O)[O-])cc3Cl)c2)n1. The fraction of sp³-hybridized carbons (Fsp3) is 0.176. The fourth-order valence-electron chi connectivity index (χ4n) is 2.51. The number of hydrogen-bond donors (Lipinski definition) is 1. The number of hydrogen-bond acceptors (Lipinski definition) is 5. The normalized spacial score (nSPS) is 10.7. The van der Waals surface area contributed by atoms with Gasteiger partial charge in [0, 0.05) is 17.4 Å². The van der Waals surface area contributed by atoms with Crippen LogP contribution in [0.5, 0.6) is 0 Å². The van der Waals surface area contributed by atoms with E-state index < -0.39 is 4.92 Å². The molecule has 0 unspecified atom stereocenters. The number of halogens is 1. The van der Waals surface area contributed by atoms with Crippen LogP contribution < -0.4 is 5.32 Å². The van der Waals surface area contributed by atoms with E-state index in [1.807, 2.05) is 48.9 Å². The lowest BCUT2D eigenvalue weighted by Crippen LogP contribution is -2.04. The Kier molecular flexibility index (Phi) is 4.67. The molecule has 0 saturated heterocycles. The van der Waals surface area contributed by atoms with Crippen LogP contribution in [0.3, 0.4) is 0 Å². The standard InChI is InChI=1S/C17H16ClN5O2/c1-11-6-12(2)22(21-11)10-13-4-3-5-14(7-13)20-17-16(18)8-15(9-19-17)23(24)25/h3-9H,10H2,1-2H3,(H,19,20). The zero-order chi connectivity index (χ0) is 18.0. The average molecular weight is 358 g/mol. The van der Waals surface area contributed by atoms with E-state index >= 15 is 0 Å². The molecule has 0 fully saturated rings. The molecule has 0 radical (unpaired) electrons. The number of aromatic nitrogens is 3. The van der Waals surface area contributed by atoms with Crippen molar-refractivity contribution in [1.29, 1.82) is 0 Å². The molecule has 2 heterocycles. The summed E-state index contributed by atoms with van der Waals surface area (Å²) >= 11 is 6.07. The zero-order valence-corrected chi connectivity index (χ0v) is 14.5.